The average molecular weight is 330 g/mol. The third kappa shape index (κ3) is 3.08. The van der Waals surface area contributed by atoms with Gasteiger partial charge in [-0.25, -0.2) is 4.79 Å². The Labute approximate surface area is 138 Å². The van der Waals surface area contributed by atoms with Crippen LogP contribution in [0.1, 0.15) is 23.5 Å². The minimum Gasteiger partial charge on any atom is -0.469 e. The molecule has 8 nitrogen and oxygen atoms in total. The van der Waals surface area contributed by atoms with Gasteiger partial charge in [0.1, 0.15) is 0 Å². The number of nitrogens with one attached hydrogen (secondary N) is 1. The molecule has 1 amide bonds. The Bertz CT molecular complexity index is 788. The third-order valence-electron chi connectivity index (χ3n) is 4.14. The molecule has 0 unspecified atom stereocenters. The van der Waals surface area contributed by atoms with E-state index in [2.05, 4.69) is 10.1 Å². The van der Waals surface area contributed by atoms with Crippen LogP contribution in [0, 0.1) is 5.92 Å². The van der Waals surface area contributed by atoms with Crippen molar-refractivity contribution in [3.05, 3.63) is 46.6 Å². The van der Waals surface area contributed by atoms with Crippen molar-refractivity contribution in [1.82, 2.24) is 19.7 Å². The molecule has 2 aromatic rings. The summed E-state index contributed by atoms with van der Waals surface area (Å²) in [6.07, 6.45) is 1.09. The van der Waals surface area contributed by atoms with Gasteiger partial charge in [0, 0.05) is 13.1 Å². The van der Waals surface area contributed by atoms with Gasteiger partial charge in [0.05, 0.1) is 18.7 Å². The smallest absolute Gasteiger partial charge is 0.348 e. The lowest BCUT2D eigenvalue weighted by atomic mass is 9.97. The van der Waals surface area contributed by atoms with Crippen LogP contribution in [0.25, 0.3) is 5.69 Å². The Morgan fingerprint density at radius 3 is 2.50 bits per heavy atom. The van der Waals surface area contributed by atoms with Crippen LogP contribution < -0.4 is 5.69 Å². The topological polar surface area (TPSA) is 97.3 Å². The van der Waals surface area contributed by atoms with E-state index < -0.39 is 5.69 Å². The second-order valence-electron chi connectivity index (χ2n) is 5.62. The number of nitrogens with zero attached hydrogens (tertiary/aromatic N) is 3. The molecule has 1 fully saturated rings. The van der Waals surface area contributed by atoms with Crippen molar-refractivity contribution in [1.29, 1.82) is 0 Å². The standard InChI is InChI=1S/C16H18N4O4/c1-24-15(22)11-7-9-19(10-8-11)14(21)13-17-16(23)20(18-13)12-5-3-2-4-6-12/h2-6,11H,7-10H2,1H3,(H,17,18,23). The normalized spacial score (nSPS) is 15.3. The number of carbonyl (C=O) groups is 2. The second kappa shape index (κ2) is 6.69. The lowest BCUT2D eigenvalue weighted by Gasteiger charge is -2.29. The van der Waals surface area contributed by atoms with Crippen molar-refractivity contribution in [3.63, 3.8) is 0 Å². The fraction of sp³-hybridized carbons (Fsp3) is 0.375. The summed E-state index contributed by atoms with van der Waals surface area (Å²) in [7, 11) is 1.36. The van der Waals surface area contributed by atoms with E-state index in [1.165, 1.54) is 7.11 Å². The van der Waals surface area contributed by atoms with Gasteiger partial charge in [0.2, 0.25) is 5.82 Å². The van der Waals surface area contributed by atoms with Gasteiger partial charge >= 0.3 is 11.7 Å². The maximum absolute atomic E-state index is 12.5. The molecular formula is C16H18N4O4. The number of benzene rings is 1. The predicted octanol–water partition coefficient (Wildman–Crippen LogP) is 0.586. The predicted molar refractivity (Wildman–Crippen MR) is 84.8 cm³/mol. The number of rotatable bonds is 3. The van der Waals surface area contributed by atoms with Crippen LogP contribution in [0.4, 0.5) is 0 Å². The fourth-order valence-electron chi connectivity index (χ4n) is 2.80. The summed E-state index contributed by atoms with van der Waals surface area (Å²) in [6.45, 7) is 0.859. The van der Waals surface area contributed by atoms with Gasteiger partial charge in [-0.1, -0.05) is 18.2 Å². The Morgan fingerprint density at radius 1 is 1.21 bits per heavy atom. The van der Waals surface area contributed by atoms with E-state index in [0.29, 0.717) is 31.6 Å². The molecule has 1 aliphatic heterocycles. The van der Waals surface area contributed by atoms with Gasteiger partial charge in [-0.15, -0.1) is 5.10 Å². The Morgan fingerprint density at radius 2 is 1.88 bits per heavy atom. The minimum absolute atomic E-state index is 0.000344. The summed E-state index contributed by atoms with van der Waals surface area (Å²) in [5.41, 5.74) is 0.121. The van der Waals surface area contributed by atoms with E-state index >= 15 is 0 Å². The van der Waals surface area contributed by atoms with Crippen LogP contribution in [-0.2, 0) is 9.53 Å². The van der Waals surface area contributed by atoms with Crippen LogP contribution in [0.2, 0.25) is 0 Å². The van der Waals surface area contributed by atoms with Gasteiger partial charge in [-0.2, -0.15) is 4.68 Å². The van der Waals surface area contributed by atoms with E-state index in [9.17, 15) is 14.4 Å². The highest BCUT2D eigenvalue weighted by Gasteiger charge is 2.29. The zero-order chi connectivity index (χ0) is 17.1. The van der Waals surface area contributed by atoms with E-state index in [4.69, 9.17) is 4.74 Å². The molecule has 24 heavy (non-hydrogen) atoms. The number of aromatic nitrogens is 3. The van der Waals surface area contributed by atoms with E-state index in [-0.39, 0.29) is 23.6 Å². The number of amides is 1. The van der Waals surface area contributed by atoms with Gasteiger partial charge in [-0.3, -0.25) is 14.6 Å². The number of ether oxygens (including phenoxy) is 1. The lowest BCUT2D eigenvalue weighted by molar-refractivity contribution is -0.146. The van der Waals surface area contributed by atoms with Gasteiger partial charge < -0.3 is 9.64 Å². The monoisotopic (exact) mass is 330 g/mol. The molecular weight excluding hydrogens is 312 g/mol. The number of aromatic amines is 1. The number of esters is 1. The first kappa shape index (κ1) is 16.0. The Balaban J connectivity index is 1.73. The summed E-state index contributed by atoms with van der Waals surface area (Å²) in [5, 5.41) is 4.09. The minimum atomic E-state index is -0.464. The number of likely N-dealkylation sites (tertiary alicyclic amines) is 1. The zero-order valence-electron chi connectivity index (χ0n) is 13.3. The van der Waals surface area contributed by atoms with Crippen LogP contribution >= 0.6 is 0 Å². The highest BCUT2D eigenvalue weighted by atomic mass is 16.5. The van der Waals surface area contributed by atoms with Gasteiger partial charge in [-0.05, 0) is 25.0 Å². The number of methoxy groups -OCH3 is 1. The molecule has 0 atom stereocenters. The maximum atomic E-state index is 12.5. The molecule has 0 bridgehead atoms. The number of hydrogen-bond acceptors (Lipinski definition) is 5. The number of piperidine rings is 1. The molecule has 1 N–H and O–H groups in total. The summed E-state index contributed by atoms with van der Waals surface area (Å²) in [6, 6.07) is 8.88. The molecule has 1 aromatic carbocycles. The van der Waals surface area contributed by atoms with Crippen molar-refractivity contribution in [2.24, 2.45) is 5.92 Å². The molecule has 126 valence electrons. The van der Waals surface area contributed by atoms with Crippen molar-refractivity contribution >= 4 is 11.9 Å². The molecule has 3 rings (SSSR count). The molecule has 1 aromatic heterocycles. The first-order valence-electron chi connectivity index (χ1n) is 7.72. The van der Waals surface area contributed by atoms with E-state index in [1.54, 1.807) is 29.2 Å². The Kier molecular flexibility index (Phi) is 4.45. The zero-order valence-corrected chi connectivity index (χ0v) is 13.3. The summed E-state index contributed by atoms with van der Waals surface area (Å²) < 4.78 is 5.89. The molecule has 0 aliphatic carbocycles. The SMILES string of the molecule is COC(=O)C1CCN(C(=O)c2nn(-c3ccccc3)c(=O)[nH]2)CC1. The van der Waals surface area contributed by atoms with Crippen molar-refractivity contribution < 1.29 is 14.3 Å². The van der Waals surface area contributed by atoms with Crippen molar-refractivity contribution in [3.8, 4) is 5.69 Å². The van der Waals surface area contributed by atoms with Gasteiger partial charge in [0.25, 0.3) is 5.91 Å². The number of hydrogen-bond donors (Lipinski definition) is 1. The highest BCUT2D eigenvalue weighted by molar-refractivity contribution is 5.90. The van der Waals surface area contributed by atoms with Crippen molar-refractivity contribution in [2.45, 2.75) is 12.8 Å². The fourth-order valence-corrected chi connectivity index (χ4v) is 2.80. The summed E-state index contributed by atoms with van der Waals surface area (Å²) >= 11 is 0. The number of carbonyl (C=O) groups excluding carboxylic acids is 2. The molecule has 0 spiro atoms. The maximum Gasteiger partial charge on any atom is 0.348 e. The highest BCUT2D eigenvalue weighted by Crippen LogP contribution is 2.19. The number of H-pyrrole nitrogens is 1. The number of para-hydroxylation sites is 1. The quantitative estimate of drug-likeness (QED) is 0.831. The molecule has 2 heterocycles. The van der Waals surface area contributed by atoms with Crippen LogP contribution in [-0.4, -0.2) is 51.7 Å². The largest absolute Gasteiger partial charge is 0.469 e. The summed E-state index contributed by atoms with van der Waals surface area (Å²) in [4.78, 5) is 40.1. The third-order valence-corrected chi connectivity index (χ3v) is 4.14. The average Bonchev–Trinajstić information content (AvgIpc) is 3.03. The second-order valence-corrected chi connectivity index (χ2v) is 5.62. The molecule has 1 aliphatic rings. The first-order valence-corrected chi connectivity index (χ1v) is 7.72. The van der Waals surface area contributed by atoms with Crippen LogP contribution in [0.3, 0.4) is 0 Å². The summed E-state index contributed by atoms with van der Waals surface area (Å²) in [5.74, 6) is -0.769. The van der Waals surface area contributed by atoms with E-state index in [1.807, 2.05) is 6.07 Å². The molecule has 8 heteroatoms. The first-order chi connectivity index (χ1) is 11.6. The lowest BCUT2D eigenvalue weighted by Crippen LogP contribution is -2.41. The molecule has 0 radical (unpaired) electrons. The molecule has 1 saturated heterocycles. The van der Waals surface area contributed by atoms with Crippen LogP contribution in [0.15, 0.2) is 35.1 Å². The molecule has 0 saturated carbocycles. The van der Waals surface area contributed by atoms with Gasteiger partial charge in [0.15, 0.2) is 0 Å². The van der Waals surface area contributed by atoms with E-state index in [0.717, 1.165) is 4.68 Å². The van der Waals surface area contributed by atoms with Crippen molar-refractivity contribution in [2.75, 3.05) is 20.2 Å². The Hall–Kier alpha value is -2.90. The van der Waals surface area contributed by atoms with Crippen LogP contribution in [0.5, 0.6) is 0 Å².